The molecule has 3 unspecified atom stereocenters. The molecule has 1 fully saturated rings. The summed E-state index contributed by atoms with van der Waals surface area (Å²) < 4.78 is 0. The van der Waals surface area contributed by atoms with Crippen molar-refractivity contribution >= 4 is 0 Å². The van der Waals surface area contributed by atoms with Crippen LogP contribution in [0, 0.1) is 5.92 Å². The highest BCUT2D eigenvalue weighted by Gasteiger charge is 2.27. The smallest absolute Gasteiger partial charge is 0.0692 e. The molecule has 0 aromatic heterocycles. The molecule has 0 radical (unpaired) electrons. The van der Waals surface area contributed by atoms with Crippen molar-refractivity contribution < 1.29 is 5.11 Å². The lowest BCUT2D eigenvalue weighted by atomic mass is 9.80. The Morgan fingerprint density at radius 1 is 1.10 bits per heavy atom. The van der Waals surface area contributed by atoms with E-state index in [0.29, 0.717) is 17.9 Å². The molecule has 2 rings (SSSR count). The standard InChI is InChI=1S/C19H31NO/c1-3-15(4-2)19(21)14-20-18-13-9-8-12-17(18)16-10-6-5-7-11-16/h5-7,10-11,15,17-21H,3-4,8-9,12-14H2,1-2H3. The molecule has 1 saturated carbocycles. The van der Waals surface area contributed by atoms with Gasteiger partial charge in [0.1, 0.15) is 0 Å². The van der Waals surface area contributed by atoms with Crippen LogP contribution in [0.3, 0.4) is 0 Å². The Kier molecular flexibility index (Phi) is 6.72. The van der Waals surface area contributed by atoms with E-state index in [2.05, 4.69) is 49.5 Å². The fourth-order valence-corrected chi connectivity index (χ4v) is 3.75. The summed E-state index contributed by atoms with van der Waals surface area (Å²) in [7, 11) is 0. The van der Waals surface area contributed by atoms with Crippen LogP contribution in [-0.4, -0.2) is 23.8 Å². The second-order valence-corrected chi connectivity index (χ2v) is 6.46. The van der Waals surface area contributed by atoms with Crippen molar-refractivity contribution in [2.45, 2.75) is 70.4 Å². The second kappa shape index (κ2) is 8.55. The first-order valence-corrected chi connectivity index (χ1v) is 8.72. The van der Waals surface area contributed by atoms with Crippen LogP contribution in [0.1, 0.15) is 63.9 Å². The van der Waals surface area contributed by atoms with Gasteiger partial charge in [0.2, 0.25) is 0 Å². The van der Waals surface area contributed by atoms with Crippen molar-refractivity contribution in [3.63, 3.8) is 0 Å². The SMILES string of the molecule is CCC(CC)C(O)CNC1CCCCC1c1ccccc1. The van der Waals surface area contributed by atoms with E-state index in [1.807, 2.05) is 0 Å². The van der Waals surface area contributed by atoms with Crippen LogP contribution in [0.25, 0.3) is 0 Å². The van der Waals surface area contributed by atoms with E-state index < -0.39 is 0 Å². The third-order valence-electron chi connectivity index (χ3n) is 5.18. The first-order valence-electron chi connectivity index (χ1n) is 8.72. The van der Waals surface area contributed by atoms with E-state index in [1.165, 1.54) is 31.2 Å². The van der Waals surface area contributed by atoms with Gasteiger partial charge in [-0.15, -0.1) is 0 Å². The van der Waals surface area contributed by atoms with E-state index in [1.54, 1.807) is 0 Å². The highest BCUT2D eigenvalue weighted by molar-refractivity contribution is 5.22. The van der Waals surface area contributed by atoms with Crippen molar-refractivity contribution in [3.8, 4) is 0 Å². The summed E-state index contributed by atoms with van der Waals surface area (Å²) in [6, 6.07) is 11.4. The van der Waals surface area contributed by atoms with Gasteiger partial charge in [-0.1, -0.05) is 69.9 Å². The summed E-state index contributed by atoms with van der Waals surface area (Å²) in [5.74, 6) is 1.03. The fraction of sp³-hybridized carbons (Fsp3) is 0.684. The van der Waals surface area contributed by atoms with Gasteiger partial charge in [0.05, 0.1) is 6.10 Å². The fourth-order valence-electron chi connectivity index (χ4n) is 3.75. The van der Waals surface area contributed by atoms with Crippen LogP contribution in [0.4, 0.5) is 0 Å². The summed E-state index contributed by atoms with van der Waals surface area (Å²) >= 11 is 0. The molecular formula is C19H31NO. The van der Waals surface area contributed by atoms with E-state index in [9.17, 15) is 5.11 Å². The second-order valence-electron chi connectivity index (χ2n) is 6.46. The molecule has 0 amide bonds. The van der Waals surface area contributed by atoms with Crippen molar-refractivity contribution in [1.82, 2.24) is 5.32 Å². The molecule has 118 valence electrons. The highest BCUT2D eigenvalue weighted by atomic mass is 16.3. The molecule has 2 N–H and O–H groups in total. The van der Waals surface area contributed by atoms with Gasteiger partial charge in [-0.05, 0) is 30.2 Å². The van der Waals surface area contributed by atoms with Gasteiger partial charge < -0.3 is 10.4 Å². The zero-order chi connectivity index (χ0) is 15.1. The molecule has 2 heteroatoms. The minimum Gasteiger partial charge on any atom is -0.392 e. The van der Waals surface area contributed by atoms with Gasteiger partial charge in [0, 0.05) is 12.6 Å². The maximum absolute atomic E-state index is 10.3. The average Bonchev–Trinajstić information content (AvgIpc) is 2.55. The molecule has 3 atom stereocenters. The molecule has 1 aliphatic rings. The van der Waals surface area contributed by atoms with Gasteiger partial charge in [-0.2, -0.15) is 0 Å². The molecule has 0 saturated heterocycles. The summed E-state index contributed by atoms with van der Waals surface area (Å²) in [5.41, 5.74) is 1.45. The lowest BCUT2D eigenvalue weighted by Crippen LogP contribution is -2.43. The summed E-state index contributed by atoms with van der Waals surface area (Å²) in [6.45, 7) is 5.08. The highest BCUT2D eigenvalue weighted by Crippen LogP contribution is 2.33. The van der Waals surface area contributed by atoms with Gasteiger partial charge in [-0.25, -0.2) is 0 Å². The predicted molar refractivity (Wildman–Crippen MR) is 89.5 cm³/mol. The van der Waals surface area contributed by atoms with Gasteiger partial charge in [0.25, 0.3) is 0 Å². The minimum atomic E-state index is -0.210. The monoisotopic (exact) mass is 289 g/mol. The van der Waals surface area contributed by atoms with Crippen LogP contribution < -0.4 is 5.32 Å². The number of aliphatic hydroxyl groups is 1. The Bertz CT molecular complexity index is 388. The van der Waals surface area contributed by atoms with Gasteiger partial charge >= 0.3 is 0 Å². The zero-order valence-corrected chi connectivity index (χ0v) is 13.6. The number of benzene rings is 1. The Morgan fingerprint density at radius 2 is 1.76 bits per heavy atom. The summed E-state index contributed by atoms with van der Waals surface area (Å²) in [4.78, 5) is 0. The largest absolute Gasteiger partial charge is 0.392 e. The number of hydrogen-bond donors (Lipinski definition) is 2. The third-order valence-corrected chi connectivity index (χ3v) is 5.18. The third kappa shape index (κ3) is 4.55. The Labute approximate surface area is 130 Å². The van der Waals surface area contributed by atoms with Crippen LogP contribution in [-0.2, 0) is 0 Å². The normalized spacial score (nSPS) is 24.2. The molecule has 0 heterocycles. The van der Waals surface area contributed by atoms with Crippen molar-refractivity contribution in [3.05, 3.63) is 35.9 Å². The topological polar surface area (TPSA) is 32.3 Å². The molecule has 2 nitrogen and oxygen atoms in total. The zero-order valence-electron chi connectivity index (χ0n) is 13.6. The predicted octanol–water partition coefficient (Wildman–Crippen LogP) is 4.10. The lowest BCUT2D eigenvalue weighted by molar-refractivity contribution is 0.0950. The van der Waals surface area contributed by atoms with E-state index in [0.717, 1.165) is 19.4 Å². The Hall–Kier alpha value is -0.860. The van der Waals surface area contributed by atoms with Gasteiger partial charge in [0.15, 0.2) is 0 Å². The average molecular weight is 289 g/mol. The number of hydrogen-bond acceptors (Lipinski definition) is 2. The maximum atomic E-state index is 10.3. The first-order chi connectivity index (χ1) is 10.3. The van der Waals surface area contributed by atoms with Crippen molar-refractivity contribution in [1.29, 1.82) is 0 Å². The van der Waals surface area contributed by atoms with Crippen LogP contribution in [0.15, 0.2) is 30.3 Å². The molecule has 0 aliphatic heterocycles. The lowest BCUT2D eigenvalue weighted by Gasteiger charge is -2.34. The molecule has 21 heavy (non-hydrogen) atoms. The molecule has 0 bridgehead atoms. The van der Waals surface area contributed by atoms with E-state index in [4.69, 9.17) is 0 Å². The van der Waals surface area contributed by atoms with Crippen LogP contribution >= 0.6 is 0 Å². The quantitative estimate of drug-likeness (QED) is 0.792. The maximum Gasteiger partial charge on any atom is 0.0692 e. The Balaban J connectivity index is 1.93. The minimum absolute atomic E-state index is 0.210. The molecule has 1 aromatic rings. The summed E-state index contributed by atoms with van der Waals surface area (Å²) in [6.07, 6.45) is 7.05. The molecule has 1 aliphatic carbocycles. The Morgan fingerprint density at radius 3 is 2.43 bits per heavy atom. The van der Waals surface area contributed by atoms with Gasteiger partial charge in [-0.3, -0.25) is 0 Å². The molecular weight excluding hydrogens is 258 g/mol. The summed E-state index contributed by atoms with van der Waals surface area (Å²) in [5, 5.41) is 14.0. The van der Waals surface area contributed by atoms with Crippen LogP contribution in [0.2, 0.25) is 0 Å². The molecule has 1 aromatic carbocycles. The van der Waals surface area contributed by atoms with Crippen LogP contribution in [0.5, 0.6) is 0 Å². The van der Waals surface area contributed by atoms with Crippen molar-refractivity contribution in [2.75, 3.05) is 6.54 Å². The van der Waals surface area contributed by atoms with E-state index >= 15 is 0 Å². The number of aliphatic hydroxyl groups excluding tert-OH is 1. The first kappa shape index (κ1) is 16.5. The van der Waals surface area contributed by atoms with Crippen molar-refractivity contribution in [2.24, 2.45) is 5.92 Å². The van der Waals surface area contributed by atoms with E-state index in [-0.39, 0.29) is 6.10 Å². The number of nitrogens with one attached hydrogen (secondary N) is 1. The number of rotatable bonds is 7. The molecule has 0 spiro atoms.